The van der Waals surface area contributed by atoms with Gasteiger partial charge in [-0.3, -0.25) is 10.1 Å². The van der Waals surface area contributed by atoms with Crippen LogP contribution < -0.4 is 0 Å². The number of fused-ring (bicyclic) bond motifs is 1. The lowest BCUT2D eigenvalue weighted by Gasteiger charge is -2.14. The molecule has 0 saturated heterocycles. The Labute approximate surface area is 94.3 Å². The van der Waals surface area contributed by atoms with Crippen LogP contribution in [0.5, 0.6) is 0 Å². The van der Waals surface area contributed by atoms with Gasteiger partial charge >= 0.3 is 0 Å². The summed E-state index contributed by atoms with van der Waals surface area (Å²) in [7, 11) is 0. The molecule has 0 aliphatic rings. The fourth-order valence-corrected chi connectivity index (χ4v) is 1.66. The van der Waals surface area contributed by atoms with Gasteiger partial charge in [-0.05, 0) is 6.07 Å². The molecule has 2 heterocycles. The van der Waals surface area contributed by atoms with Crippen LogP contribution in [0, 0.1) is 0 Å². The summed E-state index contributed by atoms with van der Waals surface area (Å²) in [6.07, 6.45) is 1.39. The molecule has 5 nitrogen and oxygen atoms in total. The van der Waals surface area contributed by atoms with Crippen molar-refractivity contribution in [2.45, 2.75) is 12.2 Å². The first-order valence-electron chi connectivity index (χ1n) is 4.43. The van der Waals surface area contributed by atoms with Gasteiger partial charge in [0, 0.05) is 10.7 Å². The molecule has 6 heteroatoms. The second kappa shape index (κ2) is 4.26. The number of aliphatic hydroxyl groups is 2. The van der Waals surface area contributed by atoms with Crippen molar-refractivity contribution in [3.05, 3.63) is 24.2 Å². The summed E-state index contributed by atoms with van der Waals surface area (Å²) in [5.74, 6) is 0. The highest BCUT2D eigenvalue weighted by Gasteiger charge is 2.18. The van der Waals surface area contributed by atoms with Gasteiger partial charge in [-0.2, -0.15) is 5.10 Å². The van der Waals surface area contributed by atoms with Gasteiger partial charge in [0.25, 0.3) is 0 Å². The topological polar surface area (TPSA) is 82.0 Å². The van der Waals surface area contributed by atoms with Gasteiger partial charge in [0.05, 0.1) is 29.7 Å². The molecule has 0 aliphatic carbocycles. The van der Waals surface area contributed by atoms with E-state index >= 15 is 0 Å². The lowest BCUT2D eigenvalue weighted by molar-refractivity contribution is 0.0316. The highest BCUT2D eigenvalue weighted by molar-refractivity contribution is 9.09. The van der Waals surface area contributed by atoms with Crippen LogP contribution in [0.1, 0.15) is 11.8 Å². The summed E-state index contributed by atoms with van der Waals surface area (Å²) in [6.45, 7) is 0. The number of pyridine rings is 1. The van der Waals surface area contributed by atoms with E-state index in [-0.39, 0.29) is 0 Å². The molecule has 0 amide bonds. The van der Waals surface area contributed by atoms with E-state index in [1.807, 2.05) is 0 Å². The lowest BCUT2D eigenvalue weighted by Crippen LogP contribution is -2.20. The standard InChI is InChI=1S/C9H10BrN3O2/c10-2-8(14)9(15)6-1-5-3-12-13-7(5)4-11-6/h1,3-4,8-9,14-15H,2H2,(H,12,13). The monoisotopic (exact) mass is 271 g/mol. The van der Waals surface area contributed by atoms with Crippen molar-refractivity contribution < 1.29 is 10.2 Å². The van der Waals surface area contributed by atoms with Crippen molar-refractivity contribution in [2.75, 3.05) is 5.33 Å². The summed E-state index contributed by atoms with van der Waals surface area (Å²) in [5.41, 5.74) is 1.25. The van der Waals surface area contributed by atoms with E-state index in [1.165, 1.54) is 0 Å². The van der Waals surface area contributed by atoms with E-state index in [1.54, 1.807) is 18.5 Å². The largest absolute Gasteiger partial charge is 0.389 e. The molecule has 0 saturated carbocycles. The van der Waals surface area contributed by atoms with Gasteiger partial charge < -0.3 is 10.2 Å². The number of halogens is 1. The van der Waals surface area contributed by atoms with Gasteiger partial charge in [0.1, 0.15) is 6.10 Å². The number of rotatable bonds is 3. The molecule has 0 fully saturated rings. The van der Waals surface area contributed by atoms with Crippen LogP contribution in [-0.2, 0) is 0 Å². The van der Waals surface area contributed by atoms with Crippen molar-refractivity contribution in [3.63, 3.8) is 0 Å². The quantitative estimate of drug-likeness (QED) is 0.720. The predicted octanol–water partition coefficient (Wildman–Crippen LogP) is 0.747. The predicted molar refractivity (Wildman–Crippen MR) is 58.6 cm³/mol. The summed E-state index contributed by atoms with van der Waals surface area (Å²) in [4.78, 5) is 4.05. The van der Waals surface area contributed by atoms with Gasteiger partial charge in [-0.1, -0.05) is 15.9 Å². The molecular formula is C9H10BrN3O2. The Bertz CT molecular complexity index is 459. The molecule has 2 aromatic heterocycles. The number of alkyl halides is 1. The van der Waals surface area contributed by atoms with E-state index in [0.717, 1.165) is 10.9 Å². The van der Waals surface area contributed by atoms with Gasteiger partial charge in [0.15, 0.2) is 0 Å². The molecule has 2 atom stereocenters. The van der Waals surface area contributed by atoms with Crippen LogP contribution >= 0.6 is 15.9 Å². The number of H-pyrrole nitrogens is 1. The Morgan fingerprint density at radius 3 is 2.93 bits per heavy atom. The van der Waals surface area contributed by atoms with Crippen LogP contribution in [0.25, 0.3) is 10.9 Å². The summed E-state index contributed by atoms with van der Waals surface area (Å²) >= 11 is 3.10. The molecule has 0 bridgehead atoms. The first-order chi connectivity index (χ1) is 7.22. The van der Waals surface area contributed by atoms with E-state index in [9.17, 15) is 10.2 Å². The summed E-state index contributed by atoms with van der Waals surface area (Å²) < 4.78 is 0. The highest BCUT2D eigenvalue weighted by atomic mass is 79.9. The van der Waals surface area contributed by atoms with E-state index in [0.29, 0.717) is 11.0 Å². The Balaban J connectivity index is 2.35. The van der Waals surface area contributed by atoms with Gasteiger partial charge in [-0.15, -0.1) is 0 Å². The zero-order valence-corrected chi connectivity index (χ0v) is 9.35. The molecule has 0 aliphatic heterocycles. The fourth-order valence-electron chi connectivity index (χ4n) is 1.30. The van der Waals surface area contributed by atoms with Crippen LogP contribution in [0.3, 0.4) is 0 Å². The summed E-state index contributed by atoms with van der Waals surface area (Å²) in [6, 6.07) is 1.70. The second-order valence-corrected chi connectivity index (χ2v) is 3.88. The maximum Gasteiger partial charge on any atom is 0.123 e. The van der Waals surface area contributed by atoms with Crippen LogP contribution in [0.15, 0.2) is 18.5 Å². The van der Waals surface area contributed by atoms with Crippen molar-refractivity contribution >= 4 is 26.8 Å². The van der Waals surface area contributed by atoms with Crippen LogP contribution in [-0.4, -0.2) is 36.8 Å². The number of nitrogens with zero attached hydrogens (tertiary/aromatic N) is 2. The Hall–Kier alpha value is -0.980. The first-order valence-corrected chi connectivity index (χ1v) is 5.55. The molecule has 15 heavy (non-hydrogen) atoms. The molecule has 3 N–H and O–H groups in total. The smallest absolute Gasteiger partial charge is 0.123 e. The molecule has 0 radical (unpaired) electrons. The third kappa shape index (κ3) is 2.01. The number of hydrogen-bond acceptors (Lipinski definition) is 4. The molecule has 0 aromatic carbocycles. The van der Waals surface area contributed by atoms with Gasteiger partial charge in [-0.25, -0.2) is 0 Å². The number of aliphatic hydroxyl groups excluding tert-OH is 2. The van der Waals surface area contributed by atoms with E-state index in [4.69, 9.17) is 0 Å². The molecular weight excluding hydrogens is 262 g/mol. The average Bonchev–Trinajstić information content (AvgIpc) is 2.73. The van der Waals surface area contributed by atoms with E-state index in [2.05, 4.69) is 31.1 Å². The molecule has 80 valence electrons. The van der Waals surface area contributed by atoms with Crippen LogP contribution in [0.2, 0.25) is 0 Å². The zero-order chi connectivity index (χ0) is 10.8. The normalized spacial score (nSPS) is 15.4. The Kier molecular flexibility index (Phi) is 2.99. The maximum absolute atomic E-state index is 9.71. The average molecular weight is 272 g/mol. The fraction of sp³-hybridized carbons (Fsp3) is 0.333. The van der Waals surface area contributed by atoms with Gasteiger partial charge in [0.2, 0.25) is 0 Å². The SMILES string of the molecule is OC(CBr)C(O)c1cc2cn[nH]c2cn1. The number of aromatic nitrogens is 3. The Morgan fingerprint density at radius 1 is 1.40 bits per heavy atom. The maximum atomic E-state index is 9.71. The summed E-state index contributed by atoms with van der Waals surface area (Å²) in [5, 5.41) is 26.9. The molecule has 2 unspecified atom stereocenters. The minimum Gasteiger partial charge on any atom is -0.389 e. The van der Waals surface area contributed by atoms with Crippen molar-refractivity contribution in [1.29, 1.82) is 0 Å². The lowest BCUT2D eigenvalue weighted by atomic mass is 10.1. The van der Waals surface area contributed by atoms with E-state index < -0.39 is 12.2 Å². The third-order valence-electron chi connectivity index (χ3n) is 2.17. The highest BCUT2D eigenvalue weighted by Crippen LogP contribution is 2.19. The minimum absolute atomic E-state index is 0.305. The first kappa shape index (κ1) is 10.5. The van der Waals surface area contributed by atoms with Crippen molar-refractivity contribution in [2.24, 2.45) is 0 Å². The molecule has 0 spiro atoms. The number of nitrogens with one attached hydrogen (secondary N) is 1. The Morgan fingerprint density at radius 2 is 2.20 bits per heavy atom. The minimum atomic E-state index is -0.983. The second-order valence-electron chi connectivity index (χ2n) is 3.23. The zero-order valence-electron chi connectivity index (χ0n) is 7.76. The molecule has 2 rings (SSSR count). The number of aromatic amines is 1. The van der Waals surface area contributed by atoms with Crippen molar-refractivity contribution in [3.8, 4) is 0 Å². The molecule has 2 aromatic rings. The van der Waals surface area contributed by atoms with Crippen molar-refractivity contribution in [1.82, 2.24) is 15.2 Å². The third-order valence-corrected chi connectivity index (χ3v) is 2.83. The number of hydrogen-bond donors (Lipinski definition) is 3. The van der Waals surface area contributed by atoms with Crippen LogP contribution in [0.4, 0.5) is 0 Å².